The van der Waals surface area contributed by atoms with Crippen molar-refractivity contribution in [3.05, 3.63) is 34.9 Å². The van der Waals surface area contributed by atoms with E-state index in [2.05, 4.69) is 17.5 Å². The molecule has 0 radical (unpaired) electrons. The first-order valence-corrected chi connectivity index (χ1v) is 6.79. The molecule has 1 aliphatic carbocycles. The standard InChI is InChI=1S/C15H18ClNO2/c1-10-8-13(14(19-2)9-12(10)16)17-15(18)11-6-4-3-5-7-11/h3-4,8-9,11H,5-7H2,1-2H3,(H,17,18)/t11-/m1/s1. The molecular formula is C15H18ClNO2. The van der Waals surface area contributed by atoms with Gasteiger partial charge < -0.3 is 10.1 Å². The van der Waals surface area contributed by atoms with Gasteiger partial charge in [0.1, 0.15) is 5.75 Å². The minimum absolute atomic E-state index is 0.0457. The fraction of sp³-hybridized carbons (Fsp3) is 0.400. The number of hydrogen-bond donors (Lipinski definition) is 1. The summed E-state index contributed by atoms with van der Waals surface area (Å²) in [6.45, 7) is 1.90. The van der Waals surface area contributed by atoms with E-state index in [4.69, 9.17) is 16.3 Å². The molecule has 1 atom stereocenters. The van der Waals surface area contributed by atoms with Crippen LogP contribution in [-0.2, 0) is 4.79 Å². The zero-order valence-electron chi connectivity index (χ0n) is 11.2. The number of carbonyl (C=O) groups is 1. The molecular weight excluding hydrogens is 262 g/mol. The molecule has 0 unspecified atom stereocenters. The first kappa shape index (κ1) is 13.9. The molecule has 0 aliphatic heterocycles. The van der Waals surface area contributed by atoms with Gasteiger partial charge >= 0.3 is 0 Å². The Morgan fingerprint density at radius 3 is 2.84 bits per heavy atom. The Bertz CT molecular complexity index is 511. The summed E-state index contributed by atoms with van der Waals surface area (Å²) in [5.74, 6) is 0.686. The van der Waals surface area contributed by atoms with Crippen LogP contribution in [0.4, 0.5) is 5.69 Å². The number of amides is 1. The van der Waals surface area contributed by atoms with Gasteiger partial charge in [0.25, 0.3) is 0 Å². The topological polar surface area (TPSA) is 38.3 Å². The Kier molecular flexibility index (Phi) is 4.48. The van der Waals surface area contributed by atoms with Crippen LogP contribution in [0.15, 0.2) is 24.3 Å². The lowest BCUT2D eigenvalue weighted by atomic mass is 9.93. The van der Waals surface area contributed by atoms with Gasteiger partial charge in [-0.15, -0.1) is 0 Å². The number of hydrogen-bond acceptors (Lipinski definition) is 2. The second kappa shape index (κ2) is 6.11. The molecule has 19 heavy (non-hydrogen) atoms. The third-order valence-corrected chi connectivity index (χ3v) is 3.79. The highest BCUT2D eigenvalue weighted by atomic mass is 35.5. The number of methoxy groups -OCH3 is 1. The summed E-state index contributed by atoms with van der Waals surface area (Å²) in [7, 11) is 1.57. The smallest absolute Gasteiger partial charge is 0.227 e. The van der Waals surface area contributed by atoms with E-state index in [0.29, 0.717) is 16.5 Å². The highest BCUT2D eigenvalue weighted by Gasteiger charge is 2.20. The van der Waals surface area contributed by atoms with Crippen molar-refractivity contribution in [1.29, 1.82) is 0 Å². The lowest BCUT2D eigenvalue weighted by Crippen LogP contribution is -2.23. The fourth-order valence-electron chi connectivity index (χ4n) is 2.20. The largest absolute Gasteiger partial charge is 0.495 e. The molecule has 3 nitrogen and oxygen atoms in total. The first-order valence-electron chi connectivity index (χ1n) is 6.42. The Hall–Kier alpha value is -1.48. The van der Waals surface area contributed by atoms with E-state index in [0.717, 1.165) is 24.8 Å². The Morgan fingerprint density at radius 1 is 1.42 bits per heavy atom. The van der Waals surface area contributed by atoms with Crippen LogP contribution in [0, 0.1) is 12.8 Å². The molecule has 0 aromatic heterocycles. The quantitative estimate of drug-likeness (QED) is 0.851. The van der Waals surface area contributed by atoms with Crippen molar-refractivity contribution in [2.45, 2.75) is 26.2 Å². The van der Waals surface area contributed by atoms with Gasteiger partial charge in [0.2, 0.25) is 5.91 Å². The fourth-order valence-corrected chi connectivity index (χ4v) is 2.35. The maximum absolute atomic E-state index is 12.2. The second-order valence-corrected chi connectivity index (χ2v) is 5.18. The van der Waals surface area contributed by atoms with Crippen molar-refractivity contribution in [3.63, 3.8) is 0 Å². The summed E-state index contributed by atoms with van der Waals surface area (Å²) >= 11 is 6.05. The molecule has 2 rings (SSSR count). The number of ether oxygens (including phenoxy) is 1. The third kappa shape index (κ3) is 3.29. The summed E-state index contributed by atoms with van der Waals surface area (Å²) in [5.41, 5.74) is 1.60. The summed E-state index contributed by atoms with van der Waals surface area (Å²) in [6, 6.07) is 3.57. The minimum Gasteiger partial charge on any atom is -0.495 e. The number of rotatable bonds is 3. The summed E-state index contributed by atoms with van der Waals surface area (Å²) in [6.07, 6.45) is 6.86. The number of carbonyl (C=O) groups excluding carboxylic acids is 1. The molecule has 0 spiro atoms. The number of benzene rings is 1. The summed E-state index contributed by atoms with van der Waals surface area (Å²) < 4.78 is 5.26. The molecule has 0 saturated heterocycles. The van der Waals surface area contributed by atoms with E-state index in [9.17, 15) is 4.79 Å². The molecule has 1 aliphatic rings. The van der Waals surface area contributed by atoms with Gasteiger partial charge in [0, 0.05) is 17.0 Å². The van der Waals surface area contributed by atoms with Crippen molar-refractivity contribution in [2.24, 2.45) is 5.92 Å². The lowest BCUT2D eigenvalue weighted by Gasteiger charge is -2.19. The van der Waals surface area contributed by atoms with Gasteiger partial charge in [0.05, 0.1) is 12.8 Å². The van der Waals surface area contributed by atoms with Crippen LogP contribution in [-0.4, -0.2) is 13.0 Å². The first-order chi connectivity index (χ1) is 9.11. The third-order valence-electron chi connectivity index (χ3n) is 3.38. The van der Waals surface area contributed by atoms with Gasteiger partial charge in [-0.3, -0.25) is 4.79 Å². The zero-order valence-corrected chi connectivity index (χ0v) is 12.0. The molecule has 0 fully saturated rings. The van der Waals surface area contributed by atoms with E-state index >= 15 is 0 Å². The molecule has 1 aromatic rings. The van der Waals surface area contributed by atoms with Gasteiger partial charge in [-0.1, -0.05) is 23.8 Å². The van der Waals surface area contributed by atoms with Gasteiger partial charge in [-0.25, -0.2) is 0 Å². The van der Waals surface area contributed by atoms with Gasteiger partial charge in [-0.2, -0.15) is 0 Å². The number of anilines is 1. The predicted octanol–water partition coefficient (Wildman–Crippen LogP) is 3.95. The van der Waals surface area contributed by atoms with Crippen molar-refractivity contribution in [1.82, 2.24) is 0 Å². The molecule has 102 valence electrons. The van der Waals surface area contributed by atoms with Crippen LogP contribution in [0.25, 0.3) is 0 Å². The Labute approximate surface area is 118 Å². The molecule has 1 amide bonds. The second-order valence-electron chi connectivity index (χ2n) is 4.77. The van der Waals surface area contributed by atoms with E-state index in [1.807, 2.05) is 13.0 Å². The van der Waals surface area contributed by atoms with Gasteiger partial charge in [0.15, 0.2) is 0 Å². The van der Waals surface area contributed by atoms with E-state index in [1.54, 1.807) is 13.2 Å². The number of allylic oxidation sites excluding steroid dienone is 2. The normalized spacial score (nSPS) is 18.2. The van der Waals surface area contributed by atoms with E-state index in [1.165, 1.54) is 0 Å². The monoisotopic (exact) mass is 279 g/mol. The van der Waals surface area contributed by atoms with Crippen LogP contribution >= 0.6 is 11.6 Å². The molecule has 1 N–H and O–H groups in total. The Morgan fingerprint density at radius 2 is 2.21 bits per heavy atom. The van der Waals surface area contributed by atoms with Crippen molar-refractivity contribution >= 4 is 23.2 Å². The summed E-state index contributed by atoms with van der Waals surface area (Å²) in [4.78, 5) is 12.2. The Balaban J connectivity index is 2.16. The highest BCUT2D eigenvalue weighted by Crippen LogP contribution is 2.32. The van der Waals surface area contributed by atoms with Crippen LogP contribution in [0.1, 0.15) is 24.8 Å². The molecule has 0 saturated carbocycles. The zero-order chi connectivity index (χ0) is 13.8. The number of halogens is 1. The minimum atomic E-state index is 0.0457. The molecule has 0 bridgehead atoms. The summed E-state index contributed by atoms with van der Waals surface area (Å²) in [5, 5.41) is 3.58. The average molecular weight is 280 g/mol. The lowest BCUT2D eigenvalue weighted by molar-refractivity contribution is -0.120. The van der Waals surface area contributed by atoms with Crippen LogP contribution in [0.2, 0.25) is 5.02 Å². The molecule has 1 aromatic carbocycles. The van der Waals surface area contributed by atoms with Crippen molar-refractivity contribution < 1.29 is 9.53 Å². The maximum Gasteiger partial charge on any atom is 0.227 e. The van der Waals surface area contributed by atoms with E-state index < -0.39 is 0 Å². The predicted molar refractivity (Wildman–Crippen MR) is 77.9 cm³/mol. The maximum atomic E-state index is 12.2. The van der Waals surface area contributed by atoms with Crippen LogP contribution in [0.5, 0.6) is 5.75 Å². The van der Waals surface area contributed by atoms with Crippen LogP contribution < -0.4 is 10.1 Å². The average Bonchev–Trinajstić information content (AvgIpc) is 2.43. The molecule has 4 heteroatoms. The number of aryl methyl sites for hydroxylation is 1. The SMILES string of the molecule is COc1cc(Cl)c(C)cc1NC(=O)[C@@H]1CC=CCC1. The van der Waals surface area contributed by atoms with E-state index in [-0.39, 0.29) is 11.8 Å². The van der Waals surface area contributed by atoms with Crippen molar-refractivity contribution in [2.75, 3.05) is 12.4 Å². The van der Waals surface area contributed by atoms with Gasteiger partial charge in [-0.05, 0) is 37.8 Å². The van der Waals surface area contributed by atoms with Crippen molar-refractivity contribution in [3.8, 4) is 5.75 Å². The molecule has 0 heterocycles. The number of nitrogens with one attached hydrogen (secondary N) is 1. The highest BCUT2D eigenvalue weighted by molar-refractivity contribution is 6.31. The van der Waals surface area contributed by atoms with Crippen LogP contribution in [0.3, 0.4) is 0 Å².